The molecule has 6 nitrogen and oxygen atoms in total. The van der Waals surface area contributed by atoms with Gasteiger partial charge in [0.05, 0.1) is 30.8 Å². The number of hydrogen-bond donors (Lipinski definition) is 1. The maximum Gasteiger partial charge on any atom is 0.255 e. The molecule has 0 saturated carbocycles. The van der Waals surface area contributed by atoms with E-state index in [-0.39, 0.29) is 12.5 Å². The first-order valence-electron chi connectivity index (χ1n) is 10.4. The number of hydrogen-bond acceptors (Lipinski definition) is 4. The van der Waals surface area contributed by atoms with Gasteiger partial charge in [-0.05, 0) is 67.8 Å². The summed E-state index contributed by atoms with van der Waals surface area (Å²) in [5.41, 5.74) is 4.37. The van der Waals surface area contributed by atoms with Crippen molar-refractivity contribution in [2.24, 2.45) is 0 Å². The highest BCUT2D eigenvalue weighted by atomic mass is 32.2. The minimum atomic E-state index is -3.49. The number of nitrogens with zero attached hydrogens (tertiary/aromatic N) is 1. The summed E-state index contributed by atoms with van der Waals surface area (Å²) in [7, 11) is -3.49. The second kappa shape index (κ2) is 9.87. The van der Waals surface area contributed by atoms with E-state index in [9.17, 15) is 13.2 Å². The lowest BCUT2D eigenvalue weighted by Crippen LogP contribution is -2.30. The number of anilines is 2. The summed E-state index contributed by atoms with van der Waals surface area (Å²) >= 11 is 0. The maximum atomic E-state index is 12.7. The van der Waals surface area contributed by atoms with Gasteiger partial charge in [-0.15, -0.1) is 0 Å². The molecule has 0 aliphatic carbocycles. The van der Waals surface area contributed by atoms with Crippen molar-refractivity contribution in [3.8, 4) is 5.75 Å². The van der Waals surface area contributed by atoms with Crippen LogP contribution in [0.3, 0.4) is 0 Å². The highest BCUT2D eigenvalue weighted by molar-refractivity contribution is 7.92. The molecule has 1 amide bonds. The van der Waals surface area contributed by atoms with Gasteiger partial charge in [-0.2, -0.15) is 0 Å². The van der Waals surface area contributed by atoms with Crippen LogP contribution in [-0.4, -0.2) is 27.2 Å². The molecule has 1 N–H and O–H groups in total. The summed E-state index contributed by atoms with van der Waals surface area (Å²) in [6, 6.07) is 19.9. The van der Waals surface area contributed by atoms with Crippen LogP contribution in [0.1, 0.15) is 34.0 Å². The summed E-state index contributed by atoms with van der Waals surface area (Å²) in [6.07, 6.45) is 1.20. The number of carbonyl (C=O) groups is 1. The predicted molar refractivity (Wildman–Crippen MR) is 129 cm³/mol. The van der Waals surface area contributed by atoms with E-state index in [1.165, 1.54) is 10.6 Å². The third-order valence-electron chi connectivity index (χ3n) is 5.01. The van der Waals surface area contributed by atoms with Crippen LogP contribution in [-0.2, 0) is 16.6 Å². The molecule has 0 radical (unpaired) electrons. The highest BCUT2D eigenvalue weighted by Gasteiger charge is 2.20. The van der Waals surface area contributed by atoms with E-state index >= 15 is 0 Å². The predicted octanol–water partition coefficient (Wildman–Crippen LogP) is 4.92. The molecule has 0 heterocycles. The first-order chi connectivity index (χ1) is 15.2. The van der Waals surface area contributed by atoms with Crippen molar-refractivity contribution < 1.29 is 17.9 Å². The number of ether oxygens (including phenoxy) is 1. The molecule has 3 aromatic rings. The molecule has 168 valence electrons. The molecule has 0 saturated heterocycles. The van der Waals surface area contributed by atoms with Crippen molar-refractivity contribution in [3.63, 3.8) is 0 Å². The lowest BCUT2D eigenvalue weighted by atomic mass is 10.1. The number of amides is 1. The molecular formula is C25H28N2O4S. The van der Waals surface area contributed by atoms with Gasteiger partial charge < -0.3 is 10.1 Å². The fraction of sp³-hybridized carbons (Fsp3) is 0.240. The van der Waals surface area contributed by atoms with E-state index < -0.39 is 10.0 Å². The molecule has 0 bridgehead atoms. The fourth-order valence-electron chi connectivity index (χ4n) is 3.34. The molecule has 3 rings (SSSR count). The Morgan fingerprint density at radius 1 is 1.00 bits per heavy atom. The minimum Gasteiger partial charge on any atom is -0.492 e. The van der Waals surface area contributed by atoms with Crippen molar-refractivity contribution in [1.29, 1.82) is 0 Å². The summed E-state index contributed by atoms with van der Waals surface area (Å²) in [5.74, 6) is 0.343. The van der Waals surface area contributed by atoms with E-state index in [0.29, 0.717) is 29.3 Å². The number of benzene rings is 3. The van der Waals surface area contributed by atoms with Crippen LogP contribution >= 0.6 is 0 Å². The monoisotopic (exact) mass is 452 g/mol. The Bertz CT molecular complexity index is 1200. The molecule has 0 spiro atoms. The topological polar surface area (TPSA) is 75.7 Å². The van der Waals surface area contributed by atoms with Crippen LogP contribution < -0.4 is 14.4 Å². The molecule has 0 fully saturated rings. The Kier molecular flexibility index (Phi) is 7.20. The third kappa shape index (κ3) is 5.68. The average molecular weight is 453 g/mol. The Morgan fingerprint density at radius 3 is 2.34 bits per heavy atom. The Hall–Kier alpha value is -3.32. The molecular weight excluding hydrogens is 424 g/mol. The van der Waals surface area contributed by atoms with E-state index in [4.69, 9.17) is 4.74 Å². The summed E-state index contributed by atoms with van der Waals surface area (Å²) in [4.78, 5) is 12.7. The van der Waals surface area contributed by atoms with Gasteiger partial charge in [0.25, 0.3) is 5.91 Å². The van der Waals surface area contributed by atoms with Gasteiger partial charge >= 0.3 is 0 Å². The van der Waals surface area contributed by atoms with Crippen molar-refractivity contribution in [2.45, 2.75) is 27.3 Å². The van der Waals surface area contributed by atoms with E-state index in [2.05, 4.69) is 5.32 Å². The normalized spacial score (nSPS) is 11.1. The van der Waals surface area contributed by atoms with Gasteiger partial charge in [-0.1, -0.05) is 36.4 Å². The number of aryl methyl sites for hydroxylation is 2. The zero-order valence-electron chi connectivity index (χ0n) is 18.8. The lowest BCUT2D eigenvalue weighted by molar-refractivity contribution is 0.102. The standard InChI is InChI=1S/C25H28N2O4S/c1-5-31-24-9-7-6-8-22(24)26-25(28)21-14-12-20(13-15-21)17-27(32(4,29)30)23-16-18(2)10-11-19(23)3/h6-16H,5,17H2,1-4H3,(H,26,28). The quantitative estimate of drug-likeness (QED) is 0.526. The van der Waals surface area contributed by atoms with Crippen LogP contribution in [0.15, 0.2) is 66.7 Å². The van der Waals surface area contributed by atoms with E-state index in [1.807, 2.05) is 51.1 Å². The summed E-state index contributed by atoms with van der Waals surface area (Å²) in [5, 5.41) is 2.87. The molecule has 0 unspecified atom stereocenters. The van der Waals surface area contributed by atoms with Gasteiger partial charge in [-0.25, -0.2) is 8.42 Å². The van der Waals surface area contributed by atoms with Crippen LogP contribution in [0.25, 0.3) is 0 Å². The summed E-state index contributed by atoms with van der Waals surface area (Å²) < 4.78 is 32.0. The second-order valence-electron chi connectivity index (χ2n) is 7.64. The minimum absolute atomic E-state index is 0.179. The van der Waals surface area contributed by atoms with Gasteiger partial charge in [-0.3, -0.25) is 9.10 Å². The first-order valence-corrected chi connectivity index (χ1v) is 12.2. The van der Waals surface area contributed by atoms with Gasteiger partial charge in [0.2, 0.25) is 10.0 Å². The Labute approximate surface area is 189 Å². The van der Waals surface area contributed by atoms with Gasteiger partial charge in [0, 0.05) is 5.56 Å². The number of carbonyl (C=O) groups excluding carboxylic acids is 1. The largest absolute Gasteiger partial charge is 0.492 e. The third-order valence-corrected chi connectivity index (χ3v) is 6.14. The highest BCUT2D eigenvalue weighted by Crippen LogP contribution is 2.27. The Morgan fingerprint density at radius 2 is 1.69 bits per heavy atom. The molecule has 32 heavy (non-hydrogen) atoms. The van der Waals surface area contributed by atoms with Crippen molar-refractivity contribution in [2.75, 3.05) is 22.5 Å². The van der Waals surface area contributed by atoms with Crippen LogP contribution in [0.4, 0.5) is 11.4 Å². The average Bonchev–Trinajstić information content (AvgIpc) is 2.75. The first kappa shape index (κ1) is 23.3. The SMILES string of the molecule is CCOc1ccccc1NC(=O)c1ccc(CN(c2cc(C)ccc2C)S(C)(=O)=O)cc1. The van der Waals surface area contributed by atoms with Crippen molar-refractivity contribution in [1.82, 2.24) is 0 Å². The number of para-hydroxylation sites is 2. The maximum absolute atomic E-state index is 12.7. The van der Waals surface area contributed by atoms with Crippen molar-refractivity contribution in [3.05, 3.63) is 89.0 Å². The van der Waals surface area contributed by atoms with Gasteiger partial charge in [0.15, 0.2) is 0 Å². The molecule has 0 aliphatic rings. The Balaban J connectivity index is 1.80. The van der Waals surface area contributed by atoms with E-state index in [0.717, 1.165) is 16.7 Å². The molecule has 0 atom stereocenters. The molecule has 0 aromatic heterocycles. The number of rotatable bonds is 8. The zero-order chi connectivity index (χ0) is 23.3. The smallest absolute Gasteiger partial charge is 0.255 e. The van der Waals surface area contributed by atoms with E-state index in [1.54, 1.807) is 36.4 Å². The molecule has 0 aliphatic heterocycles. The fourth-order valence-corrected chi connectivity index (χ4v) is 4.28. The van der Waals surface area contributed by atoms with Crippen LogP contribution in [0.5, 0.6) is 5.75 Å². The second-order valence-corrected chi connectivity index (χ2v) is 9.55. The molecule has 3 aromatic carbocycles. The number of sulfonamides is 1. The van der Waals surface area contributed by atoms with Crippen LogP contribution in [0.2, 0.25) is 0 Å². The van der Waals surface area contributed by atoms with Crippen molar-refractivity contribution >= 4 is 27.3 Å². The summed E-state index contributed by atoms with van der Waals surface area (Å²) in [6.45, 7) is 6.38. The zero-order valence-corrected chi connectivity index (χ0v) is 19.6. The lowest BCUT2D eigenvalue weighted by Gasteiger charge is -2.25. The van der Waals surface area contributed by atoms with Crippen LogP contribution in [0, 0.1) is 13.8 Å². The molecule has 7 heteroatoms. The van der Waals surface area contributed by atoms with Gasteiger partial charge in [0.1, 0.15) is 5.75 Å². The number of nitrogens with one attached hydrogen (secondary N) is 1.